The lowest BCUT2D eigenvalue weighted by Crippen LogP contribution is -2.11. The normalized spacial score (nSPS) is 10.1. The van der Waals surface area contributed by atoms with Gasteiger partial charge in [0.25, 0.3) is 0 Å². The van der Waals surface area contributed by atoms with Crippen LogP contribution in [-0.2, 0) is 0 Å². The van der Waals surface area contributed by atoms with Gasteiger partial charge in [-0.3, -0.25) is 4.79 Å². The number of ether oxygens (including phenoxy) is 1. The summed E-state index contributed by atoms with van der Waals surface area (Å²) < 4.78 is 5.37. The summed E-state index contributed by atoms with van der Waals surface area (Å²) in [6.45, 7) is -0.0502. The zero-order valence-electron chi connectivity index (χ0n) is 9.40. The molecule has 0 saturated heterocycles. The molecular weight excluding hydrogens is 271 g/mol. The first-order valence-corrected chi connectivity index (χ1v) is 6.08. The van der Waals surface area contributed by atoms with E-state index in [1.54, 1.807) is 30.3 Å². The van der Waals surface area contributed by atoms with E-state index in [9.17, 15) is 4.79 Å². The quantitative estimate of drug-likeness (QED) is 0.783. The van der Waals surface area contributed by atoms with Crippen LogP contribution in [-0.4, -0.2) is 12.4 Å². The number of rotatable bonds is 4. The minimum absolute atomic E-state index is 0.0502. The van der Waals surface area contributed by atoms with E-state index in [2.05, 4.69) is 0 Å². The smallest absolute Gasteiger partial charge is 0.200 e. The van der Waals surface area contributed by atoms with Crippen LogP contribution >= 0.6 is 23.2 Å². The van der Waals surface area contributed by atoms with Crippen LogP contribution in [0.3, 0.4) is 0 Å². The average molecular weight is 281 g/mol. The molecule has 0 bridgehead atoms. The molecule has 0 atom stereocenters. The highest BCUT2D eigenvalue weighted by Crippen LogP contribution is 2.27. The van der Waals surface area contributed by atoms with Crippen molar-refractivity contribution < 1.29 is 9.53 Å². The van der Waals surface area contributed by atoms with Gasteiger partial charge in [0.1, 0.15) is 5.75 Å². The van der Waals surface area contributed by atoms with Crippen LogP contribution in [0.4, 0.5) is 0 Å². The van der Waals surface area contributed by atoms with Gasteiger partial charge in [0.15, 0.2) is 12.4 Å². The summed E-state index contributed by atoms with van der Waals surface area (Å²) in [5, 5.41) is 0.921. The molecule has 0 aliphatic rings. The fourth-order valence-corrected chi connectivity index (χ4v) is 1.91. The van der Waals surface area contributed by atoms with Crippen molar-refractivity contribution in [3.05, 3.63) is 64.1 Å². The van der Waals surface area contributed by atoms with E-state index in [-0.39, 0.29) is 12.4 Å². The maximum absolute atomic E-state index is 11.8. The van der Waals surface area contributed by atoms with E-state index in [4.69, 9.17) is 27.9 Å². The summed E-state index contributed by atoms with van der Waals surface area (Å²) in [5.41, 5.74) is 0.614. The molecule has 18 heavy (non-hydrogen) atoms. The van der Waals surface area contributed by atoms with E-state index in [0.717, 1.165) is 0 Å². The lowest BCUT2D eigenvalue weighted by atomic mass is 10.1. The Labute approximate surface area is 115 Å². The van der Waals surface area contributed by atoms with E-state index in [1.807, 2.05) is 18.2 Å². The first kappa shape index (κ1) is 12.9. The van der Waals surface area contributed by atoms with E-state index in [1.165, 1.54) is 0 Å². The summed E-state index contributed by atoms with van der Waals surface area (Å²) in [4.78, 5) is 11.8. The minimum atomic E-state index is -0.0957. The van der Waals surface area contributed by atoms with E-state index < -0.39 is 0 Å². The highest BCUT2D eigenvalue weighted by Gasteiger charge is 2.08. The number of benzene rings is 2. The second-order valence-corrected chi connectivity index (χ2v) is 4.50. The molecule has 0 amide bonds. The first-order valence-electron chi connectivity index (χ1n) is 5.33. The number of carbonyl (C=O) groups is 1. The molecule has 0 N–H and O–H groups in total. The van der Waals surface area contributed by atoms with Crippen molar-refractivity contribution in [2.45, 2.75) is 0 Å². The van der Waals surface area contributed by atoms with Crippen molar-refractivity contribution in [3.63, 3.8) is 0 Å². The molecule has 0 radical (unpaired) electrons. The Morgan fingerprint density at radius 3 is 2.44 bits per heavy atom. The maximum Gasteiger partial charge on any atom is 0.200 e. The summed E-state index contributed by atoms with van der Waals surface area (Å²) in [6, 6.07) is 13.8. The van der Waals surface area contributed by atoms with Gasteiger partial charge in [-0.05, 0) is 18.2 Å². The zero-order valence-corrected chi connectivity index (χ0v) is 10.9. The van der Waals surface area contributed by atoms with Crippen LogP contribution < -0.4 is 4.74 Å². The molecule has 2 nitrogen and oxygen atoms in total. The molecule has 2 aromatic carbocycles. The van der Waals surface area contributed by atoms with Crippen molar-refractivity contribution in [1.29, 1.82) is 0 Å². The Balaban J connectivity index is 2.02. The summed E-state index contributed by atoms with van der Waals surface area (Å²) >= 11 is 11.7. The SMILES string of the molecule is O=C(COc1ccc(Cl)cc1Cl)c1ccccc1. The molecule has 0 aliphatic heterocycles. The Morgan fingerprint density at radius 2 is 1.78 bits per heavy atom. The van der Waals surface area contributed by atoms with Gasteiger partial charge in [-0.1, -0.05) is 53.5 Å². The summed E-state index contributed by atoms with van der Waals surface area (Å²) in [5.74, 6) is 0.354. The molecular formula is C14H10Cl2O2. The van der Waals surface area contributed by atoms with Crippen LogP contribution in [0.15, 0.2) is 48.5 Å². The largest absolute Gasteiger partial charge is 0.484 e. The predicted molar refractivity (Wildman–Crippen MR) is 72.7 cm³/mol. The topological polar surface area (TPSA) is 26.3 Å². The van der Waals surface area contributed by atoms with E-state index in [0.29, 0.717) is 21.4 Å². The van der Waals surface area contributed by atoms with Crippen LogP contribution in [0.2, 0.25) is 10.0 Å². The molecule has 0 saturated carbocycles. The predicted octanol–water partition coefficient (Wildman–Crippen LogP) is 4.26. The van der Waals surface area contributed by atoms with E-state index >= 15 is 0 Å². The van der Waals surface area contributed by atoms with Crippen LogP contribution in [0.25, 0.3) is 0 Å². The van der Waals surface area contributed by atoms with Gasteiger partial charge >= 0.3 is 0 Å². The van der Waals surface area contributed by atoms with Gasteiger partial charge in [-0.25, -0.2) is 0 Å². The Hall–Kier alpha value is -1.51. The lowest BCUT2D eigenvalue weighted by Gasteiger charge is -2.07. The molecule has 0 aliphatic carbocycles. The van der Waals surface area contributed by atoms with Gasteiger partial charge in [0.2, 0.25) is 0 Å². The third-order valence-electron chi connectivity index (χ3n) is 2.35. The van der Waals surface area contributed by atoms with Crippen molar-refractivity contribution in [2.75, 3.05) is 6.61 Å². The zero-order chi connectivity index (χ0) is 13.0. The van der Waals surface area contributed by atoms with Crippen molar-refractivity contribution in [2.24, 2.45) is 0 Å². The molecule has 4 heteroatoms. The number of hydrogen-bond donors (Lipinski definition) is 0. The molecule has 2 aromatic rings. The maximum atomic E-state index is 11.8. The number of carbonyl (C=O) groups excluding carboxylic acids is 1. The first-order chi connectivity index (χ1) is 8.66. The molecule has 92 valence electrons. The molecule has 0 heterocycles. The van der Waals surface area contributed by atoms with Crippen LogP contribution in [0, 0.1) is 0 Å². The second kappa shape index (κ2) is 5.89. The van der Waals surface area contributed by atoms with Gasteiger partial charge in [0.05, 0.1) is 5.02 Å². The van der Waals surface area contributed by atoms with Crippen LogP contribution in [0.5, 0.6) is 5.75 Å². The second-order valence-electron chi connectivity index (χ2n) is 3.65. The highest BCUT2D eigenvalue weighted by molar-refractivity contribution is 6.35. The number of halogens is 2. The fraction of sp³-hybridized carbons (Fsp3) is 0.0714. The molecule has 0 unspecified atom stereocenters. The van der Waals surface area contributed by atoms with Crippen molar-refractivity contribution >= 4 is 29.0 Å². The Morgan fingerprint density at radius 1 is 1.06 bits per heavy atom. The lowest BCUT2D eigenvalue weighted by molar-refractivity contribution is 0.0921. The molecule has 0 aromatic heterocycles. The minimum Gasteiger partial charge on any atom is -0.484 e. The number of hydrogen-bond acceptors (Lipinski definition) is 2. The standard InChI is InChI=1S/C14H10Cl2O2/c15-11-6-7-14(12(16)8-11)18-9-13(17)10-4-2-1-3-5-10/h1-8H,9H2. The molecule has 2 rings (SSSR count). The number of Topliss-reactive ketones (excluding diaryl/α,β-unsaturated/α-hetero) is 1. The number of ketones is 1. The van der Waals surface area contributed by atoms with Gasteiger partial charge < -0.3 is 4.74 Å². The average Bonchev–Trinajstić information content (AvgIpc) is 2.38. The highest BCUT2D eigenvalue weighted by atomic mass is 35.5. The Bertz CT molecular complexity index is 553. The summed E-state index contributed by atoms with van der Waals surface area (Å²) in [7, 11) is 0. The summed E-state index contributed by atoms with van der Waals surface area (Å²) in [6.07, 6.45) is 0. The molecule has 0 spiro atoms. The van der Waals surface area contributed by atoms with Gasteiger partial charge in [0, 0.05) is 10.6 Å². The Kier molecular flexibility index (Phi) is 4.24. The monoisotopic (exact) mass is 280 g/mol. The van der Waals surface area contributed by atoms with Gasteiger partial charge in [-0.15, -0.1) is 0 Å². The van der Waals surface area contributed by atoms with Crippen LogP contribution in [0.1, 0.15) is 10.4 Å². The third kappa shape index (κ3) is 3.25. The molecule has 0 fully saturated rings. The fourth-order valence-electron chi connectivity index (χ4n) is 1.44. The third-order valence-corrected chi connectivity index (χ3v) is 2.88. The van der Waals surface area contributed by atoms with Crippen molar-refractivity contribution in [3.8, 4) is 5.75 Å². The van der Waals surface area contributed by atoms with Gasteiger partial charge in [-0.2, -0.15) is 0 Å². The van der Waals surface area contributed by atoms with Crippen molar-refractivity contribution in [1.82, 2.24) is 0 Å².